The molecule has 0 radical (unpaired) electrons. The van der Waals surface area contributed by atoms with Crippen molar-refractivity contribution in [1.82, 2.24) is 5.32 Å². The first-order valence-electron chi connectivity index (χ1n) is 33.7. The van der Waals surface area contributed by atoms with Gasteiger partial charge in [-0.05, 0) is 145 Å². The first-order valence-corrected chi connectivity index (χ1v) is 33.7. The van der Waals surface area contributed by atoms with Crippen molar-refractivity contribution in [2.75, 3.05) is 60.8 Å². The number of rotatable bonds is 15. The highest BCUT2D eigenvalue weighted by Gasteiger charge is 2.31. The van der Waals surface area contributed by atoms with E-state index in [1.165, 1.54) is 38.9 Å². The number of methoxy groups -OCH3 is 3. The molecule has 0 saturated heterocycles. The van der Waals surface area contributed by atoms with Crippen LogP contribution in [-0.4, -0.2) is 60.8 Å². The zero-order valence-corrected chi connectivity index (χ0v) is 60.5. The van der Waals surface area contributed by atoms with E-state index >= 15 is 0 Å². The van der Waals surface area contributed by atoms with Crippen molar-refractivity contribution >= 4 is 0 Å². The minimum atomic E-state index is -0.216. The Morgan fingerprint density at radius 2 is 0.533 bits per heavy atom. The van der Waals surface area contributed by atoms with E-state index in [1.54, 1.807) is 0 Å². The van der Waals surface area contributed by atoms with Gasteiger partial charge >= 0.3 is 0 Å². The lowest BCUT2D eigenvalue weighted by Gasteiger charge is -2.29. The molecule has 9 nitrogen and oxygen atoms in total. The summed E-state index contributed by atoms with van der Waals surface area (Å²) in [5.41, 5.74) is 33.1. The molecule has 9 heteroatoms. The first kappa shape index (κ1) is 71.1. The Labute approximate surface area is 555 Å². The zero-order valence-electron chi connectivity index (χ0n) is 60.5. The minimum absolute atomic E-state index is 0.132. The normalized spacial score (nSPS) is 13.9. The molecular formula is C83H113N3O6. The number of hydrogen-bond acceptors (Lipinski definition) is 9. The average molecular weight is 1250 g/mol. The van der Waals surface area contributed by atoms with Crippen molar-refractivity contribution in [3.05, 3.63) is 209 Å². The lowest BCUT2D eigenvalue weighted by molar-refractivity contribution is 0.302. The summed E-state index contributed by atoms with van der Waals surface area (Å²) < 4.78 is 41.8. The molecule has 0 heterocycles. The number of hydrogen-bond donors (Lipinski definition) is 3. The number of fused-ring (bicyclic) bond motifs is 12. The smallest absolute Gasteiger partial charge is 0.126 e. The Hall–Kier alpha value is -6.78. The summed E-state index contributed by atoms with van der Waals surface area (Å²) in [5.74, 6) is 5.12. The monoisotopic (exact) mass is 1250 g/mol. The molecular weight excluding hydrogens is 1130 g/mol. The predicted octanol–water partition coefficient (Wildman–Crippen LogP) is 17.8. The van der Waals surface area contributed by atoms with Crippen LogP contribution in [0.3, 0.4) is 0 Å². The highest BCUT2D eigenvalue weighted by Crippen LogP contribution is 2.46. The Balaban J connectivity index is 1.52. The third kappa shape index (κ3) is 16.9. The highest BCUT2D eigenvalue weighted by atomic mass is 16.5. The van der Waals surface area contributed by atoms with Gasteiger partial charge in [0.15, 0.2) is 0 Å². The summed E-state index contributed by atoms with van der Waals surface area (Å²) in [4.78, 5) is 0. The summed E-state index contributed by atoms with van der Waals surface area (Å²) >= 11 is 0. The summed E-state index contributed by atoms with van der Waals surface area (Å²) in [7, 11) is 5.48. The van der Waals surface area contributed by atoms with E-state index in [0.29, 0.717) is 78.0 Å². The number of ether oxygens (including phenoxy) is 6. The van der Waals surface area contributed by atoms with Crippen LogP contribution in [0.4, 0.5) is 0 Å². The summed E-state index contributed by atoms with van der Waals surface area (Å²) in [5, 5.41) is 3.78. The molecule has 0 aliphatic heterocycles. The van der Waals surface area contributed by atoms with Gasteiger partial charge in [0.25, 0.3) is 0 Å². The van der Waals surface area contributed by atoms with Crippen LogP contribution in [0.2, 0.25) is 0 Å². The topological polar surface area (TPSA) is 119 Å². The van der Waals surface area contributed by atoms with Crippen molar-refractivity contribution in [3.63, 3.8) is 0 Å². The molecule has 0 aromatic heterocycles. The molecule has 0 amide bonds. The Kier molecular flexibility index (Phi) is 22.0. The van der Waals surface area contributed by atoms with E-state index in [-0.39, 0.29) is 38.5 Å². The predicted molar refractivity (Wildman–Crippen MR) is 385 cm³/mol. The van der Waals surface area contributed by atoms with Gasteiger partial charge in [0, 0.05) is 64.2 Å². The largest absolute Gasteiger partial charge is 0.496 e. The molecule has 0 unspecified atom stereocenters. The maximum Gasteiger partial charge on any atom is 0.126 e. The van der Waals surface area contributed by atoms with Gasteiger partial charge in [-0.3, -0.25) is 0 Å². The molecule has 0 spiro atoms. The molecule has 0 fully saturated rings. The molecule has 92 heavy (non-hydrogen) atoms. The van der Waals surface area contributed by atoms with Crippen LogP contribution >= 0.6 is 0 Å². The van der Waals surface area contributed by atoms with Gasteiger partial charge in [0.1, 0.15) is 54.3 Å². The van der Waals surface area contributed by atoms with Crippen LogP contribution in [0.15, 0.2) is 103 Å². The summed E-state index contributed by atoms with van der Waals surface area (Å²) in [6.07, 6.45) is 3.30. The van der Waals surface area contributed by atoms with E-state index in [9.17, 15) is 0 Å². The third-order valence-corrected chi connectivity index (χ3v) is 18.4. The zero-order chi connectivity index (χ0) is 67.5. The van der Waals surface area contributed by atoms with Crippen LogP contribution in [0, 0.1) is 0 Å². The summed E-state index contributed by atoms with van der Waals surface area (Å²) in [6.45, 7) is 46.2. The Morgan fingerprint density at radius 1 is 0.326 bits per heavy atom. The second-order valence-corrected chi connectivity index (χ2v) is 32.1. The minimum Gasteiger partial charge on any atom is -0.496 e. The fourth-order valence-electron chi connectivity index (χ4n) is 12.9. The van der Waals surface area contributed by atoms with E-state index in [2.05, 4.69) is 240 Å². The fourth-order valence-corrected chi connectivity index (χ4v) is 12.9. The third-order valence-electron chi connectivity index (χ3n) is 18.4. The molecule has 1 atom stereocenters. The van der Waals surface area contributed by atoms with Gasteiger partial charge in [-0.1, -0.05) is 228 Å². The van der Waals surface area contributed by atoms with Crippen LogP contribution in [0.25, 0.3) is 0 Å². The molecule has 8 rings (SSSR count). The maximum absolute atomic E-state index is 7.38. The van der Waals surface area contributed by atoms with Gasteiger partial charge in [-0.2, -0.15) is 0 Å². The lowest BCUT2D eigenvalue weighted by atomic mass is 9.79. The second kappa shape index (κ2) is 28.4. The first-order chi connectivity index (χ1) is 43.0. The molecule has 1 aliphatic rings. The standard InChI is InChI=1S/C83H113N3O6/c1-52(53-26-24-23-25-27-53)86-30-33-92-77-64-38-58-44-67(79(5,6)7)42-56(73(58)88-21)36-62-48-69(81(11,12)13)46-60(75(62)90-31-28-84)34-54-40-66(78(2,3)4)41-55(72(54)87-20)35-61-47-70(82(14,15)16)49-63(76(61)91-32-29-85)37-57-43-68(80(8,9)10)45-59(74(57)89-22)39-65(77)51-71(50-64)83(17,18)19/h23-27,40-52,86H,28-39,84-85H2,1-22H3/t52-/m0/s1. The SMILES string of the molecule is COc1c2cc(C(C)(C)C)cc1Cc1cc(C(C)(C)C)cc(c1OCCN)Cc1cc(C(C)(C)C)cc(c1OC)Cc1cc(C(C)(C)C)cc(c1OCCN[C@@H](C)c1ccccc1)Cc1cc(C(C)(C)C)cc(c1OC)Cc1cc(C(C)(C)C)cc(c1OCCN)C2. The van der Waals surface area contributed by atoms with Crippen molar-refractivity contribution < 1.29 is 28.4 Å². The van der Waals surface area contributed by atoms with Crippen molar-refractivity contribution in [2.24, 2.45) is 11.5 Å². The molecule has 1 aliphatic carbocycles. The van der Waals surface area contributed by atoms with Crippen LogP contribution in [0.1, 0.15) is 243 Å². The molecule has 5 N–H and O–H groups in total. The Bertz CT molecular complexity index is 3510. The second-order valence-electron chi connectivity index (χ2n) is 32.1. The molecule has 7 aromatic carbocycles. The van der Waals surface area contributed by atoms with E-state index in [1.807, 2.05) is 21.3 Å². The van der Waals surface area contributed by atoms with E-state index in [4.69, 9.17) is 39.9 Å². The lowest BCUT2D eigenvalue weighted by Crippen LogP contribution is -2.25. The quantitative estimate of drug-likeness (QED) is 0.0862. The fraction of sp³-hybridized carbons (Fsp3) is 0.494. The van der Waals surface area contributed by atoms with Crippen LogP contribution in [0.5, 0.6) is 34.5 Å². The van der Waals surface area contributed by atoms with E-state index in [0.717, 1.165) is 101 Å². The number of nitrogens with two attached hydrogens (primary N) is 2. The number of nitrogens with one attached hydrogen (secondary N) is 1. The van der Waals surface area contributed by atoms with Crippen LogP contribution in [-0.2, 0) is 71.0 Å². The van der Waals surface area contributed by atoms with E-state index < -0.39 is 0 Å². The van der Waals surface area contributed by atoms with Gasteiger partial charge in [-0.15, -0.1) is 0 Å². The molecule has 7 aromatic rings. The van der Waals surface area contributed by atoms with Gasteiger partial charge in [-0.25, -0.2) is 0 Å². The summed E-state index contributed by atoms with van der Waals surface area (Å²) in [6, 6.07) is 39.2. The molecule has 496 valence electrons. The average Bonchev–Trinajstić information content (AvgIpc) is 0.779. The van der Waals surface area contributed by atoms with Crippen molar-refractivity contribution in [3.8, 4) is 34.5 Å². The van der Waals surface area contributed by atoms with Gasteiger partial charge < -0.3 is 45.2 Å². The van der Waals surface area contributed by atoms with Crippen LogP contribution < -0.4 is 45.2 Å². The van der Waals surface area contributed by atoms with Gasteiger partial charge in [0.2, 0.25) is 0 Å². The molecule has 12 bridgehead atoms. The van der Waals surface area contributed by atoms with Crippen molar-refractivity contribution in [1.29, 1.82) is 0 Å². The van der Waals surface area contributed by atoms with Gasteiger partial charge in [0.05, 0.1) is 21.3 Å². The van der Waals surface area contributed by atoms with Crippen molar-refractivity contribution in [2.45, 2.75) is 209 Å². The maximum atomic E-state index is 7.38. The Morgan fingerprint density at radius 3 is 0.728 bits per heavy atom. The highest BCUT2D eigenvalue weighted by molar-refractivity contribution is 5.62. The number of benzene rings is 7. The molecule has 0 saturated carbocycles.